The van der Waals surface area contributed by atoms with Crippen LogP contribution in [0, 0.1) is 0 Å². The number of aliphatic hydroxyl groups excluding tert-OH is 1. The van der Waals surface area contributed by atoms with Crippen molar-refractivity contribution in [3.05, 3.63) is 17.7 Å². The van der Waals surface area contributed by atoms with Gasteiger partial charge in [0, 0.05) is 11.6 Å². The first-order valence-electron chi connectivity index (χ1n) is 7.04. The number of rotatable bonds is 9. The third-order valence-corrected chi connectivity index (χ3v) is 4.77. The summed E-state index contributed by atoms with van der Waals surface area (Å²) in [5.41, 5.74) is 0.885. The second-order valence-corrected chi connectivity index (χ2v) is 7.43. The molecule has 0 saturated heterocycles. The Kier molecular flexibility index (Phi) is 6.96. The zero-order valence-corrected chi connectivity index (χ0v) is 14.3. The molecule has 0 radical (unpaired) electrons. The number of ether oxygens (including phenoxy) is 3. The first-order chi connectivity index (χ1) is 10.3. The van der Waals surface area contributed by atoms with Gasteiger partial charge in [0.25, 0.3) is 0 Å². The monoisotopic (exact) mass is 332 g/mol. The molecule has 0 saturated carbocycles. The van der Waals surface area contributed by atoms with Gasteiger partial charge in [0.15, 0.2) is 21.3 Å². The molecule has 0 fully saturated rings. The summed E-state index contributed by atoms with van der Waals surface area (Å²) in [5.74, 6) is 1.43. The molecule has 0 bridgehead atoms. The van der Waals surface area contributed by atoms with Crippen LogP contribution in [-0.4, -0.2) is 52.5 Å². The molecule has 6 nitrogen and oxygen atoms in total. The minimum Gasteiger partial charge on any atom is -0.497 e. The minimum absolute atomic E-state index is 0.00470. The lowest BCUT2D eigenvalue weighted by molar-refractivity contribution is 0.302. The molecule has 0 heterocycles. The van der Waals surface area contributed by atoms with Crippen molar-refractivity contribution in [3.8, 4) is 17.2 Å². The van der Waals surface area contributed by atoms with Gasteiger partial charge >= 0.3 is 0 Å². The molecule has 7 heteroatoms. The SMILES string of the molecule is COc1cc(OC)c(OCCS(=O)(=O)CCO)c(C(C)C)c1. The van der Waals surface area contributed by atoms with Crippen LogP contribution < -0.4 is 14.2 Å². The second-order valence-electron chi connectivity index (χ2n) is 5.13. The van der Waals surface area contributed by atoms with Crippen LogP contribution in [0.25, 0.3) is 0 Å². The average Bonchev–Trinajstić information content (AvgIpc) is 2.46. The van der Waals surface area contributed by atoms with E-state index < -0.39 is 9.84 Å². The highest BCUT2D eigenvalue weighted by atomic mass is 32.2. The van der Waals surface area contributed by atoms with Gasteiger partial charge in [-0.25, -0.2) is 8.42 Å². The lowest BCUT2D eigenvalue weighted by Gasteiger charge is -2.18. The average molecular weight is 332 g/mol. The molecule has 0 amide bonds. The molecule has 0 spiro atoms. The fourth-order valence-corrected chi connectivity index (χ4v) is 2.78. The van der Waals surface area contributed by atoms with E-state index >= 15 is 0 Å². The number of benzene rings is 1. The Morgan fingerprint density at radius 1 is 1.14 bits per heavy atom. The molecule has 1 N–H and O–H groups in total. The fourth-order valence-electron chi connectivity index (χ4n) is 1.96. The topological polar surface area (TPSA) is 82.1 Å². The van der Waals surface area contributed by atoms with E-state index in [0.717, 1.165) is 5.56 Å². The Hall–Kier alpha value is -1.47. The quantitative estimate of drug-likeness (QED) is 0.740. The summed E-state index contributed by atoms with van der Waals surface area (Å²) in [6.07, 6.45) is 0. The van der Waals surface area contributed by atoms with Gasteiger partial charge in [0.2, 0.25) is 0 Å². The predicted octanol–water partition coefficient (Wildman–Crippen LogP) is 1.61. The first kappa shape index (κ1) is 18.6. The molecule has 0 aromatic heterocycles. The first-order valence-corrected chi connectivity index (χ1v) is 8.86. The molecule has 126 valence electrons. The van der Waals surface area contributed by atoms with Crippen LogP contribution >= 0.6 is 0 Å². The minimum atomic E-state index is -3.31. The molecule has 0 unspecified atom stereocenters. The van der Waals surface area contributed by atoms with Gasteiger partial charge in [0.1, 0.15) is 12.4 Å². The summed E-state index contributed by atoms with van der Waals surface area (Å²) >= 11 is 0. The van der Waals surface area contributed by atoms with Crippen molar-refractivity contribution in [1.29, 1.82) is 0 Å². The summed E-state index contributed by atoms with van der Waals surface area (Å²) < 4.78 is 39.4. The molecule has 22 heavy (non-hydrogen) atoms. The third kappa shape index (κ3) is 5.06. The molecular formula is C15H24O6S. The Bertz CT molecular complexity index is 580. The van der Waals surface area contributed by atoms with Crippen molar-refractivity contribution in [3.63, 3.8) is 0 Å². The summed E-state index contributed by atoms with van der Waals surface area (Å²) in [4.78, 5) is 0. The zero-order chi connectivity index (χ0) is 16.8. The summed E-state index contributed by atoms with van der Waals surface area (Å²) in [7, 11) is -0.215. The summed E-state index contributed by atoms with van der Waals surface area (Å²) in [6.45, 7) is 3.63. The van der Waals surface area contributed by atoms with Crippen LogP contribution in [-0.2, 0) is 9.84 Å². The van der Waals surface area contributed by atoms with E-state index in [2.05, 4.69) is 0 Å². The van der Waals surface area contributed by atoms with Gasteiger partial charge in [-0.05, 0) is 12.0 Å². The lowest BCUT2D eigenvalue weighted by atomic mass is 10.0. The fraction of sp³-hybridized carbons (Fsp3) is 0.600. The van der Waals surface area contributed by atoms with Crippen molar-refractivity contribution in [2.75, 3.05) is 38.9 Å². The Labute approximate surface area is 131 Å². The van der Waals surface area contributed by atoms with Crippen LogP contribution in [0.1, 0.15) is 25.3 Å². The molecule has 1 aromatic carbocycles. The van der Waals surface area contributed by atoms with Crippen molar-refractivity contribution >= 4 is 9.84 Å². The van der Waals surface area contributed by atoms with Crippen LogP contribution in [0.5, 0.6) is 17.2 Å². The molecule has 0 atom stereocenters. The van der Waals surface area contributed by atoms with Gasteiger partial charge in [0.05, 0.1) is 32.3 Å². The van der Waals surface area contributed by atoms with Crippen LogP contribution in [0.4, 0.5) is 0 Å². The maximum absolute atomic E-state index is 11.6. The van der Waals surface area contributed by atoms with Gasteiger partial charge in [-0.1, -0.05) is 13.8 Å². The van der Waals surface area contributed by atoms with E-state index in [-0.39, 0.29) is 30.6 Å². The van der Waals surface area contributed by atoms with Gasteiger partial charge in [-0.2, -0.15) is 0 Å². The molecular weight excluding hydrogens is 308 g/mol. The van der Waals surface area contributed by atoms with E-state index in [1.165, 1.54) is 7.11 Å². The van der Waals surface area contributed by atoms with Crippen molar-refractivity contribution in [1.82, 2.24) is 0 Å². The standard InChI is InChI=1S/C15H24O6S/c1-11(2)13-9-12(19-3)10-14(20-4)15(13)21-6-8-22(17,18)7-5-16/h9-11,16H,5-8H2,1-4H3. The predicted molar refractivity (Wildman–Crippen MR) is 84.9 cm³/mol. The van der Waals surface area contributed by atoms with E-state index in [4.69, 9.17) is 19.3 Å². The highest BCUT2D eigenvalue weighted by Gasteiger charge is 2.18. The van der Waals surface area contributed by atoms with Gasteiger partial charge < -0.3 is 19.3 Å². The normalized spacial score (nSPS) is 11.5. The number of sulfone groups is 1. The highest BCUT2D eigenvalue weighted by Crippen LogP contribution is 2.39. The maximum Gasteiger partial charge on any atom is 0.164 e. The smallest absolute Gasteiger partial charge is 0.164 e. The number of aliphatic hydroxyl groups is 1. The van der Waals surface area contributed by atoms with E-state index in [1.54, 1.807) is 13.2 Å². The van der Waals surface area contributed by atoms with Gasteiger partial charge in [-0.15, -0.1) is 0 Å². The van der Waals surface area contributed by atoms with Crippen LogP contribution in [0.3, 0.4) is 0 Å². The largest absolute Gasteiger partial charge is 0.497 e. The molecule has 1 aromatic rings. The number of hydrogen-bond acceptors (Lipinski definition) is 6. The zero-order valence-electron chi connectivity index (χ0n) is 13.5. The number of hydrogen-bond donors (Lipinski definition) is 1. The highest BCUT2D eigenvalue weighted by molar-refractivity contribution is 7.91. The summed E-state index contributed by atoms with van der Waals surface area (Å²) in [5, 5.41) is 8.72. The van der Waals surface area contributed by atoms with Gasteiger partial charge in [-0.3, -0.25) is 0 Å². The van der Waals surface area contributed by atoms with Crippen molar-refractivity contribution < 1.29 is 27.7 Å². The van der Waals surface area contributed by atoms with Crippen LogP contribution in [0.2, 0.25) is 0 Å². The van der Waals surface area contributed by atoms with E-state index in [1.807, 2.05) is 19.9 Å². The van der Waals surface area contributed by atoms with Crippen LogP contribution in [0.15, 0.2) is 12.1 Å². The van der Waals surface area contributed by atoms with E-state index in [0.29, 0.717) is 17.2 Å². The molecule has 0 aliphatic heterocycles. The Morgan fingerprint density at radius 2 is 1.82 bits per heavy atom. The maximum atomic E-state index is 11.6. The third-order valence-electron chi connectivity index (χ3n) is 3.18. The number of methoxy groups -OCH3 is 2. The molecule has 0 aliphatic carbocycles. The molecule has 1 rings (SSSR count). The Morgan fingerprint density at radius 3 is 2.32 bits per heavy atom. The van der Waals surface area contributed by atoms with Crippen molar-refractivity contribution in [2.45, 2.75) is 19.8 Å². The summed E-state index contributed by atoms with van der Waals surface area (Å²) in [6, 6.07) is 3.55. The van der Waals surface area contributed by atoms with Crippen molar-refractivity contribution in [2.24, 2.45) is 0 Å². The van der Waals surface area contributed by atoms with E-state index in [9.17, 15) is 8.42 Å². The molecule has 0 aliphatic rings. The Balaban J connectivity index is 2.97. The second kappa shape index (κ2) is 8.24. The lowest BCUT2D eigenvalue weighted by Crippen LogP contribution is -2.19.